The Labute approximate surface area is 158 Å². The number of carbonyl (C=O) groups is 1. The van der Waals surface area contributed by atoms with Gasteiger partial charge in [-0.25, -0.2) is 17.9 Å². The Bertz CT molecular complexity index is 797. The lowest BCUT2D eigenvalue weighted by molar-refractivity contribution is -0.140. The number of rotatable bonds is 9. The number of para-hydroxylation sites is 1. The van der Waals surface area contributed by atoms with Crippen molar-refractivity contribution in [3.63, 3.8) is 0 Å². The summed E-state index contributed by atoms with van der Waals surface area (Å²) in [5, 5.41) is 9.21. The number of thioether (sulfide) groups is 1. The molecule has 6 nitrogen and oxygen atoms in total. The molecule has 0 bridgehead atoms. The number of sulfonamides is 1. The molecule has 2 aromatic carbocycles. The molecule has 2 aromatic rings. The van der Waals surface area contributed by atoms with E-state index in [2.05, 4.69) is 20.7 Å². The van der Waals surface area contributed by atoms with Crippen molar-refractivity contribution in [2.45, 2.75) is 10.3 Å². The number of aliphatic carboxylic acids is 1. The first kappa shape index (κ1) is 19.8. The van der Waals surface area contributed by atoms with Gasteiger partial charge in [-0.3, -0.25) is 0 Å². The van der Waals surface area contributed by atoms with Crippen LogP contribution in [0.4, 0.5) is 0 Å². The van der Waals surface area contributed by atoms with Gasteiger partial charge in [0.05, 0.1) is 4.90 Å². The molecule has 2 N–H and O–H groups in total. The van der Waals surface area contributed by atoms with Gasteiger partial charge in [0.2, 0.25) is 15.5 Å². The average Bonchev–Trinajstić information content (AvgIpc) is 2.58. The van der Waals surface area contributed by atoms with E-state index < -0.39 is 21.4 Å². The Morgan fingerprint density at radius 3 is 2.40 bits per heavy atom. The molecule has 9 heteroatoms. The SMILES string of the molecule is O=C(O)C(Oc1ccccc1)SCCNS(=O)(=O)c1ccc(Br)cc1. The first-order valence-electron chi connectivity index (χ1n) is 7.20. The molecule has 0 fully saturated rings. The summed E-state index contributed by atoms with van der Waals surface area (Å²) in [6, 6.07) is 14.8. The summed E-state index contributed by atoms with van der Waals surface area (Å²) in [5.41, 5.74) is -1.11. The number of hydrogen-bond donors (Lipinski definition) is 2. The van der Waals surface area contributed by atoms with Gasteiger partial charge in [-0.1, -0.05) is 34.1 Å². The van der Waals surface area contributed by atoms with Gasteiger partial charge in [0.25, 0.3) is 0 Å². The monoisotopic (exact) mass is 445 g/mol. The molecule has 0 amide bonds. The lowest BCUT2D eigenvalue weighted by atomic mass is 10.3. The zero-order chi connectivity index (χ0) is 18.3. The van der Waals surface area contributed by atoms with Crippen LogP contribution < -0.4 is 9.46 Å². The Balaban J connectivity index is 1.85. The minimum atomic E-state index is -3.63. The van der Waals surface area contributed by atoms with Crippen LogP contribution in [0.1, 0.15) is 0 Å². The molecule has 0 spiro atoms. The standard InChI is InChI=1S/C16H16BrNO5S2/c17-12-6-8-14(9-7-12)25(21,22)18-10-11-24-16(15(19)20)23-13-4-2-1-3-5-13/h1-9,16,18H,10-11H2,(H,19,20). The second-order valence-corrected chi connectivity index (χ2v) is 8.68. The van der Waals surface area contributed by atoms with Gasteiger partial charge in [0.15, 0.2) is 0 Å². The van der Waals surface area contributed by atoms with Gasteiger partial charge in [0, 0.05) is 16.8 Å². The molecule has 1 unspecified atom stereocenters. The summed E-state index contributed by atoms with van der Waals surface area (Å²) in [7, 11) is -3.63. The van der Waals surface area contributed by atoms with Crippen LogP contribution in [0.3, 0.4) is 0 Å². The molecule has 0 aromatic heterocycles. The van der Waals surface area contributed by atoms with Gasteiger partial charge in [-0.15, -0.1) is 11.8 Å². The fourth-order valence-corrected chi connectivity index (χ4v) is 4.00. The minimum absolute atomic E-state index is 0.0883. The van der Waals surface area contributed by atoms with Crippen molar-refractivity contribution in [1.82, 2.24) is 4.72 Å². The minimum Gasteiger partial charge on any atom is -0.478 e. The number of hydrogen-bond acceptors (Lipinski definition) is 5. The summed E-state index contributed by atoms with van der Waals surface area (Å²) in [4.78, 5) is 11.4. The topological polar surface area (TPSA) is 92.7 Å². The van der Waals surface area contributed by atoms with Crippen LogP contribution in [-0.4, -0.2) is 37.2 Å². The predicted octanol–water partition coefficient (Wildman–Crippen LogP) is 2.95. The van der Waals surface area contributed by atoms with E-state index >= 15 is 0 Å². The molecule has 1 atom stereocenters. The largest absolute Gasteiger partial charge is 0.478 e. The van der Waals surface area contributed by atoms with Crippen molar-refractivity contribution in [3.05, 3.63) is 59.1 Å². The van der Waals surface area contributed by atoms with E-state index in [1.807, 2.05) is 0 Å². The molecule has 134 valence electrons. The summed E-state index contributed by atoms with van der Waals surface area (Å²) in [6.07, 6.45) is 0. The maximum absolute atomic E-state index is 12.1. The molecular weight excluding hydrogens is 430 g/mol. The lowest BCUT2D eigenvalue weighted by Gasteiger charge is -2.14. The van der Waals surface area contributed by atoms with Crippen molar-refractivity contribution < 1.29 is 23.1 Å². The molecule has 0 aliphatic heterocycles. The highest BCUT2D eigenvalue weighted by Gasteiger charge is 2.20. The summed E-state index contributed by atoms with van der Waals surface area (Å²) >= 11 is 4.25. The lowest BCUT2D eigenvalue weighted by Crippen LogP contribution is -2.29. The zero-order valence-electron chi connectivity index (χ0n) is 13.0. The average molecular weight is 446 g/mol. The second kappa shape index (κ2) is 9.23. The number of carboxylic acid groups (broad SMARTS) is 1. The molecule has 0 heterocycles. The normalized spacial score (nSPS) is 12.5. The first-order valence-corrected chi connectivity index (χ1v) is 10.5. The van der Waals surface area contributed by atoms with Crippen molar-refractivity contribution >= 4 is 43.7 Å². The molecule has 0 aliphatic carbocycles. The highest BCUT2D eigenvalue weighted by molar-refractivity contribution is 9.10. The van der Waals surface area contributed by atoms with E-state index in [0.717, 1.165) is 16.2 Å². The van der Waals surface area contributed by atoms with Crippen LogP contribution in [0.15, 0.2) is 64.0 Å². The Morgan fingerprint density at radius 1 is 1.16 bits per heavy atom. The molecule has 2 rings (SSSR count). The summed E-state index contributed by atoms with van der Waals surface area (Å²) in [6.45, 7) is 0.0883. The van der Waals surface area contributed by atoms with E-state index in [1.54, 1.807) is 42.5 Å². The Morgan fingerprint density at radius 2 is 1.80 bits per heavy atom. The zero-order valence-corrected chi connectivity index (χ0v) is 16.2. The number of ether oxygens (including phenoxy) is 1. The van der Waals surface area contributed by atoms with E-state index in [-0.39, 0.29) is 17.2 Å². The molecule has 0 saturated carbocycles. The smallest absolute Gasteiger partial charge is 0.355 e. The van der Waals surface area contributed by atoms with E-state index in [0.29, 0.717) is 5.75 Å². The van der Waals surface area contributed by atoms with Gasteiger partial charge < -0.3 is 9.84 Å². The van der Waals surface area contributed by atoms with E-state index in [9.17, 15) is 18.3 Å². The van der Waals surface area contributed by atoms with Crippen molar-refractivity contribution in [3.8, 4) is 5.75 Å². The quantitative estimate of drug-likeness (QED) is 0.455. The van der Waals surface area contributed by atoms with Crippen LogP contribution in [0, 0.1) is 0 Å². The highest BCUT2D eigenvalue weighted by atomic mass is 79.9. The van der Waals surface area contributed by atoms with Crippen LogP contribution in [0.25, 0.3) is 0 Å². The number of benzene rings is 2. The van der Waals surface area contributed by atoms with Crippen LogP contribution in [0.5, 0.6) is 5.75 Å². The third-order valence-corrected chi connectivity index (χ3v) is 6.02. The summed E-state index contributed by atoms with van der Waals surface area (Å²) < 4.78 is 32.9. The van der Waals surface area contributed by atoms with Crippen LogP contribution in [0.2, 0.25) is 0 Å². The first-order chi connectivity index (χ1) is 11.9. The highest BCUT2D eigenvalue weighted by Crippen LogP contribution is 2.19. The van der Waals surface area contributed by atoms with Crippen LogP contribution >= 0.6 is 27.7 Å². The Kier molecular flexibility index (Phi) is 7.30. The van der Waals surface area contributed by atoms with Gasteiger partial charge in [0.1, 0.15) is 5.75 Å². The van der Waals surface area contributed by atoms with Crippen molar-refractivity contribution in [2.75, 3.05) is 12.3 Å². The maximum Gasteiger partial charge on any atom is 0.355 e. The molecule has 0 aliphatic rings. The molecule has 0 radical (unpaired) electrons. The van der Waals surface area contributed by atoms with Gasteiger partial charge >= 0.3 is 5.97 Å². The van der Waals surface area contributed by atoms with Crippen LogP contribution in [-0.2, 0) is 14.8 Å². The number of halogens is 1. The van der Waals surface area contributed by atoms with Gasteiger partial charge in [-0.2, -0.15) is 0 Å². The Hall–Kier alpha value is -1.55. The predicted molar refractivity (Wildman–Crippen MR) is 100 cm³/mol. The molecular formula is C16H16BrNO5S2. The molecule has 0 saturated heterocycles. The summed E-state index contributed by atoms with van der Waals surface area (Å²) in [5.74, 6) is -0.429. The number of carboxylic acids is 1. The fourth-order valence-electron chi connectivity index (χ4n) is 1.82. The van der Waals surface area contributed by atoms with E-state index in [4.69, 9.17) is 4.74 Å². The van der Waals surface area contributed by atoms with Gasteiger partial charge in [-0.05, 0) is 36.4 Å². The fraction of sp³-hybridized carbons (Fsp3) is 0.188. The number of nitrogens with one attached hydrogen (secondary N) is 1. The van der Waals surface area contributed by atoms with Crippen molar-refractivity contribution in [2.24, 2.45) is 0 Å². The van der Waals surface area contributed by atoms with Crippen molar-refractivity contribution in [1.29, 1.82) is 0 Å². The van der Waals surface area contributed by atoms with E-state index in [1.165, 1.54) is 12.1 Å². The molecule has 25 heavy (non-hydrogen) atoms. The maximum atomic E-state index is 12.1. The second-order valence-electron chi connectivity index (χ2n) is 4.82. The third-order valence-electron chi connectivity index (χ3n) is 2.98. The third kappa shape index (κ3) is 6.35.